The maximum Gasteiger partial charge on any atom is 0.417 e. The zero-order valence-corrected chi connectivity index (χ0v) is 12.3. The van der Waals surface area contributed by atoms with Crippen LogP contribution >= 0.6 is 0 Å². The second kappa shape index (κ2) is 4.48. The van der Waals surface area contributed by atoms with Gasteiger partial charge in [0.15, 0.2) is 5.58 Å². The van der Waals surface area contributed by atoms with Crippen LogP contribution in [0.5, 0.6) is 0 Å². The van der Waals surface area contributed by atoms with E-state index in [1.807, 2.05) is 18.2 Å². The molecular weight excluding hydrogens is 304 g/mol. The van der Waals surface area contributed by atoms with Gasteiger partial charge in [-0.05, 0) is 36.2 Å². The lowest BCUT2D eigenvalue weighted by molar-refractivity contribution is 0.555. The summed E-state index contributed by atoms with van der Waals surface area (Å²) < 4.78 is 32.0. The third-order valence-electron chi connectivity index (χ3n) is 3.82. The monoisotopic (exact) mass is 316 g/mol. The fourth-order valence-electron chi connectivity index (χ4n) is 2.78. The number of anilines is 1. The Hall–Kier alpha value is -2.54. The zero-order valence-electron chi connectivity index (χ0n) is 11.4. The van der Waals surface area contributed by atoms with Crippen molar-refractivity contribution in [2.24, 2.45) is 0 Å². The number of sulfonamides is 1. The van der Waals surface area contributed by atoms with Gasteiger partial charge in [-0.1, -0.05) is 18.2 Å². The summed E-state index contributed by atoms with van der Waals surface area (Å²) in [6.07, 6.45) is 0.695. The standard InChI is InChI=1S/C15H12N2O4S/c18-15-16-12-9-11(5-6-14(12)21-15)22(19,20)17-8-7-10-3-1-2-4-13(10)17/h1-6,9H,7-8H2,(H,16,18). The average molecular weight is 316 g/mol. The number of benzene rings is 2. The van der Waals surface area contributed by atoms with Crippen LogP contribution in [0, 0.1) is 0 Å². The van der Waals surface area contributed by atoms with Crippen molar-refractivity contribution in [2.45, 2.75) is 11.3 Å². The molecule has 1 N–H and O–H groups in total. The van der Waals surface area contributed by atoms with Crippen molar-refractivity contribution in [1.82, 2.24) is 4.98 Å². The van der Waals surface area contributed by atoms with E-state index in [-0.39, 0.29) is 4.90 Å². The second-order valence-corrected chi connectivity index (χ2v) is 6.99. The van der Waals surface area contributed by atoms with Gasteiger partial charge in [-0.2, -0.15) is 0 Å². The highest BCUT2D eigenvalue weighted by Gasteiger charge is 2.30. The van der Waals surface area contributed by atoms with Crippen molar-refractivity contribution in [3.05, 3.63) is 58.6 Å². The summed E-state index contributed by atoms with van der Waals surface area (Å²) in [7, 11) is -3.66. The Labute approximate surface area is 126 Å². The molecule has 0 fully saturated rings. The highest BCUT2D eigenvalue weighted by molar-refractivity contribution is 7.92. The third-order valence-corrected chi connectivity index (χ3v) is 5.63. The van der Waals surface area contributed by atoms with Crippen LogP contribution < -0.4 is 10.1 Å². The molecule has 0 amide bonds. The summed E-state index contributed by atoms with van der Waals surface area (Å²) in [6.45, 7) is 0.418. The van der Waals surface area contributed by atoms with Crippen LogP contribution in [0.1, 0.15) is 5.56 Å². The van der Waals surface area contributed by atoms with Gasteiger partial charge in [-0.3, -0.25) is 9.29 Å². The number of para-hydroxylation sites is 1. The number of fused-ring (bicyclic) bond motifs is 2. The number of nitrogens with one attached hydrogen (secondary N) is 1. The van der Waals surface area contributed by atoms with Crippen LogP contribution in [0.4, 0.5) is 5.69 Å². The van der Waals surface area contributed by atoms with Crippen LogP contribution in [0.25, 0.3) is 11.1 Å². The summed E-state index contributed by atoms with van der Waals surface area (Å²) in [6, 6.07) is 11.8. The molecule has 0 radical (unpaired) electrons. The Morgan fingerprint density at radius 2 is 1.95 bits per heavy atom. The maximum atomic E-state index is 12.9. The van der Waals surface area contributed by atoms with E-state index < -0.39 is 15.8 Å². The molecule has 0 saturated carbocycles. The molecule has 0 aliphatic carbocycles. The van der Waals surface area contributed by atoms with Gasteiger partial charge in [0.2, 0.25) is 0 Å². The van der Waals surface area contributed by atoms with E-state index in [9.17, 15) is 13.2 Å². The van der Waals surface area contributed by atoms with Crippen molar-refractivity contribution < 1.29 is 12.8 Å². The van der Waals surface area contributed by atoms with E-state index in [1.165, 1.54) is 22.5 Å². The maximum absolute atomic E-state index is 12.9. The predicted octanol–water partition coefficient (Wildman–Crippen LogP) is 1.87. The molecule has 0 saturated heterocycles. The number of rotatable bonds is 2. The van der Waals surface area contributed by atoms with Gasteiger partial charge < -0.3 is 4.42 Å². The van der Waals surface area contributed by atoms with Crippen LogP contribution in [0.3, 0.4) is 0 Å². The molecule has 1 aliphatic rings. The fraction of sp³-hybridized carbons (Fsp3) is 0.133. The first kappa shape index (κ1) is 13.1. The quantitative estimate of drug-likeness (QED) is 0.782. The minimum atomic E-state index is -3.66. The van der Waals surface area contributed by atoms with Crippen LogP contribution in [-0.4, -0.2) is 19.9 Å². The minimum absolute atomic E-state index is 0.133. The summed E-state index contributed by atoms with van der Waals surface area (Å²) >= 11 is 0. The van der Waals surface area contributed by atoms with Crippen molar-refractivity contribution in [3.63, 3.8) is 0 Å². The highest BCUT2D eigenvalue weighted by atomic mass is 32.2. The molecule has 4 rings (SSSR count). The lowest BCUT2D eigenvalue weighted by atomic mass is 10.2. The van der Waals surface area contributed by atoms with Gasteiger partial charge in [-0.25, -0.2) is 13.2 Å². The summed E-state index contributed by atoms with van der Waals surface area (Å²) in [5.74, 6) is -0.601. The van der Waals surface area contributed by atoms with Gasteiger partial charge >= 0.3 is 5.76 Å². The molecule has 1 aromatic heterocycles. The number of hydrogen-bond donors (Lipinski definition) is 1. The highest BCUT2D eigenvalue weighted by Crippen LogP contribution is 2.33. The average Bonchev–Trinajstić information content (AvgIpc) is 3.08. The Bertz CT molecular complexity index is 1030. The van der Waals surface area contributed by atoms with E-state index in [0.717, 1.165) is 5.56 Å². The summed E-state index contributed by atoms with van der Waals surface area (Å²) in [5, 5.41) is 0. The molecule has 6 nitrogen and oxygen atoms in total. The molecule has 2 aromatic carbocycles. The normalized spacial score (nSPS) is 14.5. The molecule has 0 spiro atoms. The Kier molecular flexibility index (Phi) is 2.67. The van der Waals surface area contributed by atoms with E-state index in [2.05, 4.69) is 4.98 Å². The van der Waals surface area contributed by atoms with Gasteiger partial charge in [0, 0.05) is 6.54 Å². The van der Waals surface area contributed by atoms with Crippen molar-refractivity contribution in [3.8, 4) is 0 Å². The Balaban J connectivity index is 1.84. The SMILES string of the molecule is O=c1[nH]c2cc(S(=O)(=O)N3CCc4ccccc43)ccc2o1. The molecule has 7 heteroatoms. The largest absolute Gasteiger partial charge is 0.417 e. The molecule has 112 valence electrons. The second-order valence-electron chi connectivity index (χ2n) is 5.13. The first-order chi connectivity index (χ1) is 10.6. The topological polar surface area (TPSA) is 83.4 Å². The summed E-state index contributed by atoms with van der Waals surface area (Å²) in [4.78, 5) is 13.8. The number of aromatic amines is 1. The number of aromatic nitrogens is 1. The lowest BCUT2D eigenvalue weighted by Gasteiger charge is -2.19. The van der Waals surface area contributed by atoms with Gasteiger partial charge in [0.25, 0.3) is 10.0 Å². The number of hydrogen-bond acceptors (Lipinski definition) is 4. The van der Waals surface area contributed by atoms with Crippen LogP contribution in [-0.2, 0) is 16.4 Å². The van der Waals surface area contributed by atoms with Crippen molar-refractivity contribution >= 4 is 26.8 Å². The fourth-order valence-corrected chi connectivity index (χ4v) is 4.31. The van der Waals surface area contributed by atoms with Crippen molar-refractivity contribution in [2.75, 3.05) is 10.8 Å². The predicted molar refractivity (Wildman–Crippen MR) is 81.5 cm³/mol. The molecular formula is C15H12N2O4S. The first-order valence-corrected chi connectivity index (χ1v) is 8.23. The van der Waals surface area contributed by atoms with E-state index in [0.29, 0.717) is 29.8 Å². The molecule has 2 heterocycles. The van der Waals surface area contributed by atoms with E-state index >= 15 is 0 Å². The van der Waals surface area contributed by atoms with Gasteiger partial charge in [-0.15, -0.1) is 0 Å². The van der Waals surface area contributed by atoms with E-state index in [4.69, 9.17) is 4.42 Å². The van der Waals surface area contributed by atoms with Crippen LogP contribution in [0.2, 0.25) is 0 Å². The van der Waals surface area contributed by atoms with Gasteiger partial charge in [0.1, 0.15) is 0 Å². The first-order valence-electron chi connectivity index (χ1n) is 6.79. The zero-order chi connectivity index (χ0) is 15.3. The molecule has 0 atom stereocenters. The summed E-state index contributed by atoms with van der Waals surface area (Å²) in [5.41, 5.74) is 2.44. The molecule has 3 aromatic rings. The lowest BCUT2D eigenvalue weighted by Crippen LogP contribution is -2.29. The van der Waals surface area contributed by atoms with Crippen LogP contribution in [0.15, 0.2) is 56.6 Å². The molecule has 1 aliphatic heterocycles. The smallest absolute Gasteiger partial charge is 0.408 e. The Morgan fingerprint density at radius 1 is 1.14 bits per heavy atom. The van der Waals surface area contributed by atoms with E-state index in [1.54, 1.807) is 6.07 Å². The minimum Gasteiger partial charge on any atom is -0.408 e. The number of nitrogens with zero attached hydrogens (tertiary/aromatic N) is 1. The van der Waals surface area contributed by atoms with Crippen molar-refractivity contribution in [1.29, 1.82) is 0 Å². The number of oxazole rings is 1. The Morgan fingerprint density at radius 3 is 2.82 bits per heavy atom. The molecule has 0 bridgehead atoms. The van der Waals surface area contributed by atoms with Gasteiger partial charge in [0.05, 0.1) is 16.1 Å². The third kappa shape index (κ3) is 1.86. The number of H-pyrrole nitrogens is 1. The molecule has 0 unspecified atom stereocenters. The molecule has 22 heavy (non-hydrogen) atoms.